The van der Waals surface area contributed by atoms with Crippen LogP contribution in [-0.2, 0) is 40.0 Å². The number of carbonyl (C=O) groups is 2. The van der Waals surface area contributed by atoms with Gasteiger partial charge in [-0.05, 0) is 81.2 Å². The third-order valence-corrected chi connectivity index (χ3v) is 10.6. The molecule has 56 heavy (non-hydrogen) atoms. The van der Waals surface area contributed by atoms with Gasteiger partial charge in [0.25, 0.3) is 5.09 Å². The Bertz CT molecular complexity index is 1490. The van der Waals surface area contributed by atoms with Crippen molar-refractivity contribution in [3.05, 3.63) is 64.2 Å². The zero-order valence-electron chi connectivity index (χ0n) is 33.2. The van der Waals surface area contributed by atoms with Gasteiger partial charge in [-0.3, -0.25) is 9.59 Å². The Kier molecular flexibility index (Phi) is 17.8. The molecule has 3 aliphatic rings. The predicted molar refractivity (Wildman–Crippen MR) is 209 cm³/mol. The van der Waals surface area contributed by atoms with E-state index in [1.54, 1.807) is 12.0 Å². The van der Waals surface area contributed by atoms with E-state index in [0.29, 0.717) is 38.9 Å². The highest BCUT2D eigenvalue weighted by Gasteiger charge is 2.44. The van der Waals surface area contributed by atoms with Crippen molar-refractivity contribution in [2.45, 2.75) is 128 Å². The van der Waals surface area contributed by atoms with Crippen molar-refractivity contribution >= 4 is 17.6 Å². The molecule has 3 atom stereocenters. The standard InChI is InChI=1S/C42H61N3O11/c1-3-4-7-16-41(47)56-39-30-44(40(46)15-10-6-11-26-53-45(48)49)29-38(42(39)55-35-20-18-34(19-21-35)54-33-13-8-5-9-14-33)52-31-32-17-22-37-36(28-32)43(24-27-51-37)23-12-25-50-2/h5,8-9,13-14,17,22,28,34-35,38-39,42H,3-4,6-7,10-12,15-16,18-21,23-27,29-31H2,1-2H3. The number of benzene rings is 2. The molecule has 2 aliphatic heterocycles. The lowest BCUT2D eigenvalue weighted by Gasteiger charge is -2.44. The summed E-state index contributed by atoms with van der Waals surface area (Å²) in [5.41, 5.74) is 1.97. The number of piperidine rings is 1. The molecule has 2 fully saturated rings. The summed E-state index contributed by atoms with van der Waals surface area (Å²) in [7, 11) is 1.71. The van der Waals surface area contributed by atoms with Crippen LogP contribution in [0.15, 0.2) is 48.5 Å². The van der Waals surface area contributed by atoms with Gasteiger partial charge in [-0.25, -0.2) is 0 Å². The van der Waals surface area contributed by atoms with Crippen molar-refractivity contribution in [1.29, 1.82) is 0 Å². The smallest absolute Gasteiger partial charge is 0.306 e. The van der Waals surface area contributed by atoms with Crippen LogP contribution in [-0.4, -0.2) is 105 Å². The lowest BCUT2D eigenvalue weighted by Crippen LogP contribution is -2.60. The number of para-hydroxylation sites is 1. The number of unbranched alkanes of at least 4 members (excludes halogenated alkanes) is 4. The Morgan fingerprint density at radius 2 is 1.66 bits per heavy atom. The van der Waals surface area contributed by atoms with E-state index in [1.807, 2.05) is 42.5 Å². The molecule has 1 amide bonds. The molecule has 0 aromatic heterocycles. The molecule has 1 aliphatic carbocycles. The van der Waals surface area contributed by atoms with E-state index in [1.165, 1.54) is 0 Å². The molecule has 2 aromatic carbocycles. The van der Waals surface area contributed by atoms with Crippen molar-refractivity contribution in [2.75, 3.05) is 58.0 Å². The number of hydrogen-bond acceptors (Lipinski definition) is 12. The summed E-state index contributed by atoms with van der Waals surface area (Å²) in [6.07, 6.45) is 7.05. The number of methoxy groups -OCH3 is 1. The molecular weight excluding hydrogens is 722 g/mol. The van der Waals surface area contributed by atoms with Crippen LogP contribution in [0, 0.1) is 10.1 Å². The summed E-state index contributed by atoms with van der Waals surface area (Å²) in [6.45, 7) is 5.74. The van der Waals surface area contributed by atoms with Crippen molar-refractivity contribution in [3.8, 4) is 11.5 Å². The zero-order chi connectivity index (χ0) is 39.5. The zero-order valence-corrected chi connectivity index (χ0v) is 33.2. The van der Waals surface area contributed by atoms with Gasteiger partial charge >= 0.3 is 5.97 Å². The number of likely N-dealkylation sites (tertiary alicyclic amines) is 1. The van der Waals surface area contributed by atoms with Crippen LogP contribution in [0.25, 0.3) is 0 Å². The van der Waals surface area contributed by atoms with Crippen molar-refractivity contribution in [1.82, 2.24) is 4.90 Å². The molecule has 14 heteroatoms. The number of esters is 1. The van der Waals surface area contributed by atoms with Crippen LogP contribution in [0.3, 0.4) is 0 Å². The quantitative estimate of drug-likeness (QED) is 0.0512. The molecule has 1 saturated heterocycles. The second kappa shape index (κ2) is 23.2. The molecule has 5 rings (SSSR count). The first-order chi connectivity index (χ1) is 27.3. The highest BCUT2D eigenvalue weighted by Crippen LogP contribution is 2.34. The molecule has 2 heterocycles. The minimum Gasteiger partial charge on any atom is -0.490 e. The molecule has 2 aromatic rings. The van der Waals surface area contributed by atoms with Gasteiger partial charge in [-0.15, -0.1) is 10.1 Å². The summed E-state index contributed by atoms with van der Waals surface area (Å²) in [5, 5.41) is 9.71. The number of amides is 1. The molecule has 3 unspecified atom stereocenters. The second-order valence-corrected chi connectivity index (χ2v) is 14.9. The van der Waals surface area contributed by atoms with E-state index in [4.69, 9.17) is 28.4 Å². The minimum atomic E-state index is -0.803. The van der Waals surface area contributed by atoms with Gasteiger partial charge in [0, 0.05) is 39.6 Å². The number of fused-ring (bicyclic) bond motifs is 1. The number of rotatable bonds is 23. The van der Waals surface area contributed by atoms with Crippen LogP contribution >= 0.6 is 0 Å². The topological polar surface area (TPSA) is 148 Å². The molecular formula is C42H61N3O11. The Morgan fingerprint density at radius 3 is 2.43 bits per heavy atom. The first kappa shape index (κ1) is 43.0. The Labute approximate surface area is 331 Å². The van der Waals surface area contributed by atoms with Gasteiger partial charge in [0.1, 0.15) is 36.4 Å². The number of ether oxygens (including phenoxy) is 6. The average molecular weight is 784 g/mol. The van der Waals surface area contributed by atoms with Crippen LogP contribution in [0.5, 0.6) is 11.5 Å². The van der Waals surface area contributed by atoms with Crippen LogP contribution in [0.2, 0.25) is 0 Å². The molecule has 0 N–H and O–H groups in total. The van der Waals surface area contributed by atoms with Gasteiger partial charge in [0.2, 0.25) is 5.91 Å². The van der Waals surface area contributed by atoms with Crippen molar-refractivity contribution in [2.24, 2.45) is 0 Å². The van der Waals surface area contributed by atoms with E-state index < -0.39 is 23.4 Å². The summed E-state index contributed by atoms with van der Waals surface area (Å²) in [5.74, 6) is 1.30. The lowest BCUT2D eigenvalue weighted by atomic mass is 9.93. The van der Waals surface area contributed by atoms with Crippen LogP contribution in [0.1, 0.15) is 96.0 Å². The Balaban J connectivity index is 1.31. The summed E-state index contributed by atoms with van der Waals surface area (Å²) < 4.78 is 37.3. The largest absolute Gasteiger partial charge is 0.490 e. The minimum absolute atomic E-state index is 0.00405. The van der Waals surface area contributed by atoms with E-state index in [-0.39, 0.29) is 56.8 Å². The maximum absolute atomic E-state index is 13.7. The predicted octanol–water partition coefficient (Wildman–Crippen LogP) is 6.69. The van der Waals surface area contributed by atoms with Gasteiger partial charge in [0.05, 0.1) is 44.2 Å². The third kappa shape index (κ3) is 13.8. The fourth-order valence-electron chi connectivity index (χ4n) is 7.63. The summed E-state index contributed by atoms with van der Waals surface area (Å²) >= 11 is 0. The monoisotopic (exact) mass is 783 g/mol. The van der Waals surface area contributed by atoms with E-state index in [9.17, 15) is 19.7 Å². The summed E-state index contributed by atoms with van der Waals surface area (Å²) in [6, 6.07) is 15.9. The second-order valence-electron chi connectivity index (χ2n) is 14.9. The molecule has 0 bridgehead atoms. The van der Waals surface area contributed by atoms with Crippen molar-refractivity contribution < 1.29 is 47.9 Å². The van der Waals surface area contributed by atoms with Crippen LogP contribution in [0.4, 0.5) is 5.69 Å². The highest BCUT2D eigenvalue weighted by molar-refractivity contribution is 5.76. The van der Waals surface area contributed by atoms with Gasteiger partial charge in [-0.2, -0.15) is 0 Å². The maximum Gasteiger partial charge on any atom is 0.306 e. The number of nitrogens with zero attached hydrogens (tertiary/aromatic N) is 3. The molecule has 0 spiro atoms. The Hall–Kier alpha value is -4.14. The molecule has 14 nitrogen and oxygen atoms in total. The van der Waals surface area contributed by atoms with Gasteiger partial charge < -0.3 is 43.1 Å². The first-order valence-corrected chi connectivity index (χ1v) is 20.6. The fraction of sp³-hybridized carbons (Fsp3) is 0.667. The molecule has 1 saturated carbocycles. The number of anilines is 1. The first-order valence-electron chi connectivity index (χ1n) is 20.6. The highest BCUT2D eigenvalue weighted by atomic mass is 16.9. The summed E-state index contributed by atoms with van der Waals surface area (Å²) in [4.78, 5) is 45.9. The SMILES string of the molecule is CCCCCC(=O)OC1CN(C(=O)CCCCCO[N+](=O)[O-])CC(OCc2ccc3c(c2)N(CCCOC)CCO3)C1OC1CCC(Oc2ccccc2)CC1. The fourth-order valence-corrected chi connectivity index (χ4v) is 7.63. The van der Waals surface area contributed by atoms with E-state index >= 15 is 0 Å². The Morgan fingerprint density at radius 1 is 0.893 bits per heavy atom. The maximum atomic E-state index is 13.7. The van der Waals surface area contributed by atoms with Crippen LogP contribution < -0.4 is 14.4 Å². The lowest BCUT2D eigenvalue weighted by molar-refractivity contribution is -0.757. The van der Waals surface area contributed by atoms with Gasteiger partial charge in [-0.1, -0.05) is 50.5 Å². The van der Waals surface area contributed by atoms with E-state index in [0.717, 1.165) is 87.2 Å². The third-order valence-electron chi connectivity index (χ3n) is 10.6. The average Bonchev–Trinajstić information content (AvgIpc) is 3.20. The van der Waals surface area contributed by atoms with E-state index in [2.05, 4.69) is 22.7 Å². The number of carbonyl (C=O) groups excluding carboxylic acids is 2. The molecule has 310 valence electrons. The number of hydrogen-bond donors (Lipinski definition) is 0. The normalized spacial score (nSPS) is 22.1. The van der Waals surface area contributed by atoms with Crippen molar-refractivity contribution in [3.63, 3.8) is 0 Å². The molecule has 0 radical (unpaired) electrons. The van der Waals surface area contributed by atoms with Gasteiger partial charge in [0.15, 0.2) is 0 Å².